The number of hydrogen-bond donors (Lipinski definition) is 3. The van der Waals surface area contributed by atoms with Crippen LogP contribution in [0.25, 0.3) is 0 Å². The summed E-state index contributed by atoms with van der Waals surface area (Å²) in [6, 6.07) is 17.7. The SMILES string of the molecule is O=C(NN=Cc1cc(Br)ccc1OC(=O)c1ccc(Cl)cc1)C(=O)Nc1ccccc1C(=O)NC1CCCCC1. The molecular formula is C29H26BrClN4O5. The molecule has 1 aliphatic rings. The van der Waals surface area contributed by atoms with Gasteiger partial charge in [0.05, 0.1) is 23.0 Å². The number of nitrogens with zero attached hydrogens (tertiary/aromatic N) is 1. The number of carbonyl (C=O) groups excluding carboxylic acids is 4. The van der Waals surface area contributed by atoms with Crippen molar-refractivity contribution < 1.29 is 23.9 Å². The minimum absolute atomic E-state index is 0.0935. The first kappa shape index (κ1) is 29.0. The summed E-state index contributed by atoms with van der Waals surface area (Å²) in [6.07, 6.45) is 6.37. The molecule has 1 aliphatic carbocycles. The van der Waals surface area contributed by atoms with Crippen molar-refractivity contribution in [2.45, 2.75) is 38.1 Å². The molecule has 3 aromatic rings. The van der Waals surface area contributed by atoms with Gasteiger partial charge >= 0.3 is 17.8 Å². The lowest BCUT2D eigenvalue weighted by atomic mass is 9.95. The van der Waals surface area contributed by atoms with Crippen molar-refractivity contribution in [2.24, 2.45) is 5.10 Å². The third kappa shape index (κ3) is 8.00. The van der Waals surface area contributed by atoms with Crippen LogP contribution in [0.2, 0.25) is 5.02 Å². The molecule has 40 heavy (non-hydrogen) atoms. The highest BCUT2D eigenvalue weighted by Crippen LogP contribution is 2.23. The Morgan fingerprint density at radius 2 is 1.65 bits per heavy atom. The third-order valence-corrected chi connectivity index (χ3v) is 6.94. The Balaban J connectivity index is 1.38. The lowest BCUT2D eigenvalue weighted by Crippen LogP contribution is -2.37. The Kier molecular flexibility index (Phi) is 10.0. The highest BCUT2D eigenvalue weighted by molar-refractivity contribution is 9.10. The first-order valence-corrected chi connectivity index (χ1v) is 13.8. The summed E-state index contributed by atoms with van der Waals surface area (Å²) in [7, 11) is 0. The van der Waals surface area contributed by atoms with Crippen molar-refractivity contribution in [2.75, 3.05) is 5.32 Å². The van der Waals surface area contributed by atoms with Crippen molar-refractivity contribution in [1.82, 2.24) is 10.7 Å². The molecule has 3 N–H and O–H groups in total. The number of rotatable bonds is 7. The average Bonchev–Trinajstić information content (AvgIpc) is 2.95. The maximum absolute atomic E-state index is 12.8. The Bertz CT molecular complexity index is 1440. The second kappa shape index (κ2) is 13.9. The molecule has 0 aliphatic heterocycles. The standard InChI is InChI=1S/C29H26BrClN4O5/c30-20-12-15-25(40-29(39)18-10-13-21(31)14-11-18)19(16-20)17-32-35-28(38)27(37)34-24-9-5-4-8-23(24)26(36)33-22-6-2-1-3-7-22/h4-5,8-17,22H,1-3,6-7H2,(H,33,36)(H,34,37)(H,35,38). The number of halogens is 2. The van der Waals surface area contributed by atoms with Crippen LogP contribution < -0.4 is 20.8 Å². The van der Waals surface area contributed by atoms with Gasteiger partial charge in [0.1, 0.15) is 5.75 Å². The highest BCUT2D eigenvalue weighted by atomic mass is 79.9. The first-order valence-electron chi connectivity index (χ1n) is 12.6. The second-order valence-corrected chi connectivity index (χ2v) is 10.4. The molecule has 0 radical (unpaired) electrons. The van der Waals surface area contributed by atoms with E-state index in [4.69, 9.17) is 16.3 Å². The minimum Gasteiger partial charge on any atom is -0.422 e. The number of ether oxygens (including phenoxy) is 1. The predicted molar refractivity (Wildman–Crippen MR) is 156 cm³/mol. The summed E-state index contributed by atoms with van der Waals surface area (Å²) in [4.78, 5) is 50.3. The van der Waals surface area contributed by atoms with Gasteiger partial charge in [0.25, 0.3) is 5.91 Å². The fourth-order valence-corrected chi connectivity index (χ4v) is 4.65. The van der Waals surface area contributed by atoms with E-state index >= 15 is 0 Å². The summed E-state index contributed by atoms with van der Waals surface area (Å²) in [6.45, 7) is 0. The quantitative estimate of drug-likeness (QED) is 0.106. The maximum atomic E-state index is 12.8. The molecule has 206 valence electrons. The number of amides is 3. The summed E-state index contributed by atoms with van der Waals surface area (Å²) >= 11 is 9.22. The third-order valence-electron chi connectivity index (χ3n) is 6.19. The predicted octanol–water partition coefficient (Wildman–Crippen LogP) is 5.47. The summed E-state index contributed by atoms with van der Waals surface area (Å²) < 4.78 is 6.15. The molecule has 1 fully saturated rings. The molecular weight excluding hydrogens is 600 g/mol. The van der Waals surface area contributed by atoms with E-state index in [1.807, 2.05) is 0 Å². The number of benzene rings is 3. The van der Waals surface area contributed by atoms with Crippen LogP contribution in [0, 0.1) is 0 Å². The van der Waals surface area contributed by atoms with Gasteiger partial charge < -0.3 is 15.4 Å². The zero-order valence-electron chi connectivity index (χ0n) is 21.3. The van der Waals surface area contributed by atoms with Gasteiger partial charge in [0.2, 0.25) is 0 Å². The van der Waals surface area contributed by atoms with Gasteiger partial charge in [-0.2, -0.15) is 5.10 Å². The van der Waals surface area contributed by atoms with Gasteiger partial charge in [0.15, 0.2) is 0 Å². The van der Waals surface area contributed by atoms with Gasteiger partial charge in [0, 0.05) is 21.1 Å². The van der Waals surface area contributed by atoms with Crippen LogP contribution in [0.4, 0.5) is 5.69 Å². The number of esters is 1. The summed E-state index contributed by atoms with van der Waals surface area (Å²) in [5.41, 5.74) is 3.29. The highest BCUT2D eigenvalue weighted by Gasteiger charge is 2.21. The number of hydrazone groups is 1. The lowest BCUT2D eigenvalue weighted by Gasteiger charge is -2.23. The lowest BCUT2D eigenvalue weighted by molar-refractivity contribution is -0.136. The van der Waals surface area contributed by atoms with E-state index in [1.165, 1.54) is 18.3 Å². The normalized spacial score (nSPS) is 13.4. The Labute approximate surface area is 244 Å². The topological polar surface area (TPSA) is 126 Å². The Hall–Kier alpha value is -4.02. The van der Waals surface area contributed by atoms with E-state index in [1.54, 1.807) is 54.6 Å². The minimum atomic E-state index is -1.05. The number of carbonyl (C=O) groups is 4. The Morgan fingerprint density at radius 1 is 0.925 bits per heavy atom. The molecule has 4 rings (SSSR count). The maximum Gasteiger partial charge on any atom is 0.343 e. The largest absolute Gasteiger partial charge is 0.422 e. The Morgan fingerprint density at radius 3 is 2.40 bits per heavy atom. The van der Waals surface area contributed by atoms with Crippen LogP contribution in [-0.4, -0.2) is 35.9 Å². The van der Waals surface area contributed by atoms with E-state index in [-0.39, 0.29) is 28.9 Å². The van der Waals surface area contributed by atoms with E-state index < -0.39 is 17.8 Å². The van der Waals surface area contributed by atoms with Gasteiger partial charge in [-0.1, -0.05) is 58.9 Å². The number of hydrogen-bond acceptors (Lipinski definition) is 6. The first-order chi connectivity index (χ1) is 19.3. The van der Waals surface area contributed by atoms with Gasteiger partial charge in [-0.05, 0) is 67.4 Å². The molecule has 0 atom stereocenters. The molecule has 3 aromatic carbocycles. The van der Waals surface area contributed by atoms with Crippen LogP contribution in [0.3, 0.4) is 0 Å². The molecule has 3 amide bonds. The van der Waals surface area contributed by atoms with E-state index in [0.29, 0.717) is 20.6 Å². The molecule has 0 aromatic heterocycles. The molecule has 0 bridgehead atoms. The van der Waals surface area contributed by atoms with Gasteiger partial charge in [-0.15, -0.1) is 0 Å². The van der Waals surface area contributed by atoms with Crippen molar-refractivity contribution in [3.63, 3.8) is 0 Å². The smallest absolute Gasteiger partial charge is 0.343 e. The van der Waals surface area contributed by atoms with E-state index in [9.17, 15) is 19.2 Å². The van der Waals surface area contributed by atoms with Gasteiger partial charge in [-0.3, -0.25) is 14.4 Å². The van der Waals surface area contributed by atoms with Crippen LogP contribution >= 0.6 is 27.5 Å². The van der Waals surface area contributed by atoms with Crippen LogP contribution in [0.1, 0.15) is 58.4 Å². The summed E-state index contributed by atoms with van der Waals surface area (Å²) in [5, 5.41) is 9.80. The molecule has 0 saturated heterocycles. The molecule has 0 heterocycles. The van der Waals surface area contributed by atoms with E-state index in [0.717, 1.165) is 32.1 Å². The van der Waals surface area contributed by atoms with Crippen LogP contribution in [-0.2, 0) is 9.59 Å². The van der Waals surface area contributed by atoms with Crippen molar-refractivity contribution in [3.8, 4) is 5.75 Å². The molecule has 11 heteroatoms. The monoisotopic (exact) mass is 624 g/mol. The van der Waals surface area contributed by atoms with Gasteiger partial charge in [-0.25, -0.2) is 10.2 Å². The molecule has 0 spiro atoms. The number of anilines is 1. The van der Waals surface area contributed by atoms with Crippen LogP contribution in [0.15, 0.2) is 76.3 Å². The fraction of sp³-hybridized carbons (Fsp3) is 0.207. The number of nitrogens with one attached hydrogen (secondary N) is 3. The molecule has 0 unspecified atom stereocenters. The van der Waals surface area contributed by atoms with Crippen LogP contribution in [0.5, 0.6) is 5.75 Å². The average molecular weight is 626 g/mol. The zero-order valence-corrected chi connectivity index (χ0v) is 23.6. The molecule has 1 saturated carbocycles. The molecule has 9 nitrogen and oxygen atoms in total. The summed E-state index contributed by atoms with van der Waals surface area (Å²) in [5.74, 6) is -2.78. The van der Waals surface area contributed by atoms with Crippen molar-refractivity contribution >= 4 is 63.1 Å². The zero-order chi connectivity index (χ0) is 28.5. The fourth-order valence-electron chi connectivity index (χ4n) is 4.15. The van der Waals surface area contributed by atoms with Crippen molar-refractivity contribution in [3.05, 3.63) is 92.9 Å². The number of para-hydroxylation sites is 1. The second-order valence-electron chi connectivity index (χ2n) is 9.09. The van der Waals surface area contributed by atoms with E-state index in [2.05, 4.69) is 37.1 Å². The van der Waals surface area contributed by atoms with Crippen molar-refractivity contribution in [1.29, 1.82) is 0 Å².